The van der Waals surface area contributed by atoms with E-state index in [9.17, 15) is 0 Å². The van der Waals surface area contributed by atoms with E-state index in [4.69, 9.17) is 11.6 Å². The molecule has 0 saturated heterocycles. The van der Waals surface area contributed by atoms with Gasteiger partial charge < -0.3 is 5.32 Å². The number of hydrogen-bond acceptors (Lipinski definition) is 3. The molecular weight excluding hydrogens is 272 g/mol. The molecule has 0 aliphatic rings. The lowest BCUT2D eigenvalue weighted by atomic mass is 10.0. The van der Waals surface area contributed by atoms with Crippen LogP contribution in [0.2, 0.25) is 5.02 Å². The van der Waals surface area contributed by atoms with Crippen molar-refractivity contribution in [2.45, 2.75) is 33.2 Å². The third-order valence-corrected chi connectivity index (χ3v) is 3.98. The summed E-state index contributed by atoms with van der Waals surface area (Å²) in [5, 5.41) is 8.62. The summed E-state index contributed by atoms with van der Waals surface area (Å²) >= 11 is 6.35. The number of aromatic nitrogens is 3. The van der Waals surface area contributed by atoms with Crippen LogP contribution in [0.15, 0.2) is 18.3 Å². The fraction of sp³-hybridized carbons (Fsp3) is 0.467. The molecule has 2 aromatic rings. The predicted molar refractivity (Wildman–Crippen MR) is 82.1 cm³/mol. The van der Waals surface area contributed by atoms with Gasteiger partial charge in [-0.15, -0.1) is 0 Å². The first-order valence-corrected chi connectivity index (χ1v) is 7.25. The van der Waals surface area contributed by atoms with Crippen LogP contribution >= 0.6 is 11.6 Å². The minimum absolute atomic E-state index is 0.147. The average Bonchev–Trinajstić information content (AvgIpc) is 2.65. The summed E-state index contributed by atoms with van der Waals surface area (Å²) in [7, 11) is 1.93. The summed E-state index contributed by atoms with van der Waals surface area (Å²) in [5.74, 6) is 0. The summed E-state index contributed by atoms with van der Waals surface area (Å²) in [6.07, 6.45) is 2.62. The van der Waals surface area contributed by atoms with Gasteiger partial charge in [0.05, 0.1) is 28.1 Å². The van der Waals surface area contributed by atoms with E-state index in [0.29, 0.717) is 0 Å². The fourth-order valence-electron chi connectivity index (χ4n) is 2.47. The first-order valence-electron chi connectivity index (χ1n) is 6.87. The molecule has 0 bridgehead atoms. The van der Waals surface area contributed by atoms with E-state index in [-0.39, 0.29) is 6.04 Å². The molecule has 2 aromatic heterocycles. The molecule has 20 heavy (non-hydrogen) atoms. The molecule has 2 heterocycles. The molecule has 0 aliphatic heterocycles. The van der Waals surface area contributed by atoms with Crippen LogP contribution < -0.4 is 5.32 Å². The quantitative estimate of drug-likeness (QED) is 0.921. The zero-order valence-corrected chi connectivity index (χ0v) is 13.2. The van der Waals surface area contributed by atoms with E-state index in [1.165, 1.54) is 5.56 Å². The maximum atomic E-state index is 6.35. The van der Waals surface area contributed by atoms with Crippen LogP contribution in [0, 0.1) is 13.8 Å². The number of nitrogens with one attached hydrogen (secondary N) is 1. The third kappa shape index (κ3) is 3.02. The smallest absolute Gasteiger partial charge is 0.0847 e. The Kier molecular flexibility index (Phi) is 4.78. The summed E-state index contributed by atoms with van der Waals surface area (Å²) in [5.41, 5.74) is 4.18. The SMILES string of the molecule is CCNC(Cc1c(Cl)c(C)nn1C)c1ncccc1C. The Morgan fingerprint density at radius 3 is 2.70 bits per heavy atom. The van der Waals surface area contributed by atoms with Crippen LogP contribution in [0.3, 0.4) is 0 Å². The number of aryl methyl sites for hydroxylation is 3. The van der Waals surface area contributed by atoms with Gasteiger partial charge in [0.1, 0.15) is 0 Å². The monoisotopic (exact) mass is 292 g/mol. The van der Waals surface area contributed by atoms with Gasteiger partial charge in [-0.25, -0.2) is 0 Å². The lowest BCUT2D eigenvalue weighted by Gasteiger charge is -2.19. The molecule has 0 radical (unpaired) electrons. The summed E-state index contributed by atoms with van der Waals surface area (Å²) < 4.78 is 1.86. The molecule has 4 nitrogen and oxygen atoms in total. The molecule has 1 atom stereocenters. The van der Waals surface area contributed by atoms with E-state index in [1.807, 2.05) is 30.9 Å². The van der Waals surface area contributed by atoms with Crippen molar-refractivity contribution < 1.29 is 0 Å². The normalized spacial score (nSPS) is 12.7. The molecule has 0 fully saturated rings. The van der Waals surface area contributed by atoms with Gasteiger partial charge in [-0.1, -0.05) is 24.6 Å². The Hall–Kier alpha value is -1.39. The van der Waals surface area contributed by atoms with Crippen LogP contribution in [-0.2, 0) is 13.5 Å². The van der Waals surface area contributed by atoms with Gasteiger partial charge in [-0.3, -0.25) is 9.67 Å². The molecule has 0 spiro atoms. The Balaban J connectivity index is 2.33. The number of nitrogens with zero attached hydrogens (tertiary/aromatic N) is 3. The second kappa shape index (κ2) is 6.37. The van der Waals surface area contributed by atoms with Crippen LogP contribution in [0.5, 0.6) is 0 Å². The maximum absolute atomic E-state index is 6.35. The summed E-state index contributed by atoms with van der Waals surface area (Å²) in [6.45, 7) is 7.00. The molecule has 0 amide bonds. The van der Waals surface area contributed by atoms with Crippen LogP contribution in [0.25, 0.3) is 0 Å². The largest absolute Gasteiger partial charge is 0.309 e. The Morgan fingerprint density at radius 1 is 1.40 bits per heavy atom. The van der Waals surface area contributed by atoms with Crippen molar-refractivity contribution in [2.24, 2.45) is 7.05 Å². The molecule has 0 aromatic carbocycles. The minimum Gasteiger partial charge on any atom is -0.309 e. The summed E-state index contributed by atoms with van der Waals surface area (Å²) in [4.78, 5) is 4.52. The lowest BCUT2D eigenvalue weighted by molar-refractivity contribution is 0.515. The number of pyridine rings is 1. The number of halogens is 1. The first-order chi connectivity index (χ1) is 9.54. The molecule has 108 valence electrons. The fourth-order valence-corrected chi connectivity index (χ4v) is 2.71. The van der Waals surface area contributed by atoms with Gasteiger partial charge >= 0.3 is 0 Å². The van der Waals surface area contributed by atoms with Crippen LogP contribution in [0.4, 0.5) is 0 Å². The number of hydrogen-bond donors (Lipinski definition) is 1. The van der Waals surface area contributed by atoms with Gasteiger partial charge in [0.2, 0.25) is 0 Å². The van der Waals surface area contributed by atoms with Crippen LogP contribution in [0.1, 0.15) is 35.6 Å². The summed E-state index contributed by atoms with van der Waals surface area (Å²) in [6, 6.07) is 4.19. The molecule has 1 N–H and O–H groups in total. The molecule has 2 rings (SSSR count). The minimum atomic E-state index is 0.147. The van der Waals surface area contributed by atoms with Crippen molar-refractivity contribution in [3.8, 4) is 0 Å². The van der Waals surface area contributed by atoms with Gasteiger partial charge in [0.15, 0.2) is 0 Å². The highest BCUT2D eigenvalue weighted by atomic mass is 35.5. The Labute approximate surface area is 125 Å². The number of rotatable bonds is 5. The highest BCUT2D eigenvalue weighted by molar-refractivity contribution is 6.31. The van der Waals surface area contributed by atoms with E-state index in [1.54, 1.807) is 0 Å². The maximum Gasteiger partial charge on any atom is 0.0847 e. The van der Waals surface area contributed by atoms with Crippen molar-refractivity contribution in [2.75, 3.05) is 6.54 Å². The molecule has 5 heteroatoms. The highest BCUT2D eigenvalue weighted by Gasteiger charge is 2.20. The van der Waals surface area contributed by atoms with Crippen molar-refractivity contribution >= 4 is 11.6 Å². The Morgan fingerprint density at radius 2 is 2.15 bits per heavy atom. The average molecular weight is 293 g/mol. The molecule has 0 saturated carbocycles. The third-order valence-electron chi connectivity index (χ3n) is 3.49. The van der Waals surface area contributed by atoms with Crippen LogP contribution in [-0.4, -0.2) is 21.3 Å². The molecule has 1 unspecified atom stereocenters. The second-order valence-corrected chi connectivity index (χ2v) is 5.37. The number of likely N-dealkylation sites (N-methyl/N-ethyl adjacent to an activating group) is 1. The van der Waals surface area contributed by atoms with E-state index >= 15 is 0 Å². The predicted octanol–water partition coefficient (Wildman–Crippen LogP) is 2.98. The van der Waals surface area contributed by atoms with Crippen molar-refractivity contribution in [1.29, 1.82) is 0 Å². The van der Waals surface area contributed by atoms with Gasteiger partial charge in [-0.2, -0.15) is 5.10 Å². The standard InChI is InChI=1S/C15H21ClN4/c1-5-17-12(15-10(2)7-6-8-18-15)9-13-14(16)11(3)19-20(13)4/h6-8,12,17H,5,9H2,1-4H3. The first kappa shape index (κ1) is 15.0. The van der Waals surface area contributed by atoms with Crippen molar-refractivity contribution in [1.82, 2.24) is 20.1 Å². The van der Waals surface area contributed by atoms with E-state index < -0.39 is 0 Å². The van der Waals surface area contributed by atoms with Crippen molar-refractivity contribution in [3.05, 3.63) is 46.0 Å². The highest BCUT2D eigenvalue weighted by Crippen LogP contribution is 2.26. The van der Waals surface area contributed by atoms with Crippen molar-refractivity contribution in [3.63, 3.8) is 0 Å². The topological polar surface area (TPSA) is 42.7 Å². The zero-order chi connectivity index (χ0) is 14.7. The van der Waals surface area contributed by atoms with Gasteiger partial charge in [0.25, 0.3) is 0 Å². The zero-order valence-electron chi connectivity index (χ0n) is 12.4. The second-order valence-electron chi connectivity index (χ2n) is 4.99. The molecule has 0 aliphatic carbocycles. The Bertz CT molecular complexity index is 592. The lowest BCUT2D eigenvalue weighted by Crippen LogP contribution is -2.25. The molecular formula is C15H21ClN4. The van der Waals surface area contributed by atoms with Gasteiger partial charge in [-0.05, 0) is 32.0 Å². The van der Waals surface area contributed by atoms with E-state index in [2.05, 4.69) is 35.3 Å². The van der Waals surface area contributed by atoms with Gasteiger partial charge in [0, 0.05) is 19.7 Å². The van der Waals surface area contributed by atoms with E-state index in [0.717, 1.165) is 35.1 Å².